The van der Waals surface area contributed by atoms with Crippen molar-refractivity contribution in [3.8, 4) is 10.4 Å². The Morgan fingerprint density at radius 3 is 2.50 bits per heavy atom. The number of carbonyl (C=O) groups is 2. The Morgan fingerprint density at radius 2 is 1.95 bits per heavy atom. The molecule has 0 saturated heterocycles. The van der Waals surface area contributed by atoms with Gasteiger partial charge in [-0.1, -0.05) is 29.3 Å². The zero-order valence-electron chi connectivity index (χ0n) is 10.4. The molecule has 0 atom stereocenters. The number of hydrogen-bond donors (Lipinski definition) is 2. The van der Waals surface area contributed by atoms with Gasteiger partial charge in [-0.05, 0) is 18.2 Å². The number of halogens is 2. The minimum Gasteiger partial charge on any atom is -0.366 e. The van der Waals surface area contributed by atoms with Crippen molar-refractivity contribution in [3.05, 3.63) is 39.9 Å². The third-order valence-corrected chi connectivity index (χ3v) is 4.12. The molecule has 4 nitrogen and oxygen atoms in total. The first kappa shape index (κ1) is 14.8. The van der Waals surface area contributed by atoms with Gasteiger partial charge in [-0.2, -0.15) is 0 Å². The second-order valence-electron chi connectivity index (χ2n) is 4.02. The summed E-state index contributed by atoms with van der Waals surface area (Å²) in [5.41, 5.74) is 6.28. The highest BCUT2D eigenvalue weighted by Gasteiger charge is 2.17. The smallest absolute Gasteiger partial charge is 0.251 e. The highest BCUT2D eigenvalue weighted by molar-refractivity contribution is 7.20. The second kappa shape index (κ2) is 5.83. The topological polar surface area (TPSA) is 72.2 Å². The molecule has 0 unspecified atom stereocenters. The number of hydrogen-bond acceptors (Lipinski definition) is 3. The Labute approximate surface area is 129 Å². The van der Waals surface area contributed by atoms with Gasteiger partial charge in [0.1, 0.15) is 5.00 Å². The SMILES string of the molecule is CC(=O)Nc1sc(-c2ccc(Cl)cc2Cl)cc1C(N)=O. The van der Waals surface area contributed by atoms with Crippen molar-refractivity contribution in [2.75, 3.05) is 5.32 Å². The molecule has 1 heterocycles. The number of benzene rings is 1. The van der Waals surface area contributed by atoms with E-state index >= 15 is 0 Å². The second-order valence-corrected chi connectivity index (χ2v) is 5.92. The van der Waals surface area contributed by atoms with E-state index in [2.05, 4.69) is 5.32 Å². The molecule has 0 radical (unpaired) electrons. The maximum absolute atomic E-state index is 11.4. The van der Waals surface area contributed by atoms with Crippen LogP contribution in [0.5, 0.6) is 0 Å². The third kappa shape index (κ3) is 3.12. The molecule has 1 aromatic heterocycles. The normalized spacial score (nSPS) is 10.3. The van der Waals surface area contributed by atoms with E-state index < -0.39 is 5.91 Å². The van der Waals surface area contributed by atoms with Gasteiger partial charge in [0.05, 0.1) is 10.6 Å². The van der Waals surface area contributed by atoms with Crippen LogP contribution in [0.2, 0.25) is 10.0 Å². The molecule has 3 N–H and O–H groups in total. The van der Waals surface area contributed by atoms with Crippen molar-refractivity contribution >= 4 is 51.4 Å². The molecule has 2 rings (SSSR count). The van der Waals surface area contributed by atoms with Crippen molar-refractivity contribution in [2.45, 2.75) is 6.92 Å². The zero-order chi connectivity index (χ0) is 14.9. The molecule has 2 aromatic rings. The molecule has 0 bridgehead atoms. The summed E-state index contributed by atoms with van der Waals surface area (Å²) in [5, 5.41) is 3.98. The van der Waals surface area contributed by atoms with E-state index in [4.69, 9.17) is 28.9 Å². The molecule has 20 heavy (non-hydrogen) atoms. The van der Waals surface area contributed by atoms with E-state index in [1.54, 1.807) is 24.3 Å². The molecule has 1 aromatic carbocycles. The summed E-state index contributed by atoms with van der Waals surface area (Å²) in [4.78, 5) is 23.3. The van der Waals surface area contributed by atoms with Gasteiger partial charge in [0.15, 0.2) is 0 Å². The average molecular weight is 329 g/mol. The maximum atomic E-state index is 11.4. The van der Waals surface area contributed by atoms with Crippen LogP contribution in [0.3, 0.4) is 0 Å². The van der Waals surface area contributed by atoms with E-state index in [-0.39, 0.29) is 11.5 Å². The number of carbonyl (C=O) groups excluding carboxylic acids is 2. The Bertz CT molecular complexity index is 698. The molecule has 0 aliphatic heterocycles. The van der Waals surface area contributed by atoms with Crippen LogP contribution in [-0.2, 0) is 4.79 Å². The highest BCUT2D eigenvalue weighted by Crippen LogP contribution is 2.39. The number of amides is 2. The van der Waals surface area contributed by atoms with E-state index in [0.29, 0.717) is 15.0 Å². The zero-order valence-corrected chi connectivity index (χ0v) is 12.7. The maximum Gasteiger partial charge on any atom is 0.251 e. The van der Waals surface area contributed by atoms with Crippen LogP contribution in [0.25, 0.3) is 10.4 Å². The number of anilines is 1. The molecular formula is C13H10Cl2N2O2S. The lowest BCUT2D eigenvalue weighted by Gasteiger charge is -2.01. The average Bonchev–Trinajstić information content (AvgIpc) is 2.71. The van der Waals surface area contributed by atoms with Gasteiger partial charge in [0.25, 0.3) is 5.91 Å². The molecule has 0 fully saturated rings. The molecule has 2 amide bonds. The lowest BCUT2D eigenvalue weighted by molar-refractivity contribution is -0.114. The predicted molar refractivity (Wildman–Crippen MR) is 82.6 cm³/mol. The van der Waals surface area contributed by atoms with E-state index in [1.807, 2.05) is 0 Å². The van der Waals surface area contributed by atoms with E-state index in [0.717, 1.165) is 10.4 Å². The standard InChI is InChI=1S/C13H10Cl2N2O2S/c1-6(18)17-13-9(12(16)19)5-11(20-13)8-3-2-7(14)4-10(8)15/h2-5H,1H3,(H2,16,19)(H,17,18). The monoisotopic (exact) mass is 328 g/mol. The Balaban J connectivity index is 2.52. The lowest BCUT2D eigenvalue weighted by Crippen LogP contribution is -2.14. The van der Waals surface area contributed by atoms with E-state index in [9.17, 15) is 9.59 Å². The lowest BCUT2D eigenvalue weighted by atomic mass is 10.1. The molecule has 0 saturated carbocycles. The van der Waals surface area contributed by atoms with Gasteiger partial charge in [-0.15, -0.1) is 11.3 Å². The van der Waals surface area contributed by atoms with Crippen molar-refractivity contribution in [1.29, 1.82) is 0 Å². The fourth-order valence-corrected chi connectivity index (χ4v) is 3.36. The Hall–Kier alpha value is -1.56. The molecule has 0 aliphatic rings. The number of primary amides is 1. The molecule has 0 spiro atoms. The Kier molecular flexibility index (Phi) is 4.32. The minimum atomic E-state index is -0.610. The summed E-state index contributed by atoms with van der Waals surface area (Å²) < 4.78 is 0. The number of nitrogens with two attached hydrogens (primary N) is 1. The van der Waals surface area contributed by atoms with Gasteiger partial charge < -0.3 is 11.1 Å². The van der Waals surface area contributed by atoms with Gasteiger partial charge >= 0.3 is 0 Å². The minimum absolute atomic E-state index is 0.256. The summed E-state index contributed by atoms with van der Waals surface area (Å²) in [6.07, 6.45) is 0. The quantitative estimate of drug-likeness (QED) is 0.899. The van der Waals surface area contributed by atoms with Crippen molar-refractivity contribution in [1.82, 2.24) is 0 Å². The summed E-state index contributed by atoms with van der Waals surface area (Å²) in [5.74, 6) is -0.885. The largest absolute Gasteiger partial charge is 0.366 e. The van der Waals surface area contributed by atoms with Crippen molar-refractivity contribution in [2.24, 2.45) is 5.73 Å². The van der Waals surface area contributed by atoms with Crippen LogP contribution >= 0.6 is 34.5 Å². The van der Waals surface area contributed by atoms with Crippen LogP contribution in [0.4, 0.5) is 5.00 Å². The number of rotatable bonds is 3. The first-order valence-corrected chi connectivity index (χ1v) is 7.12. The van der Waals surface area contributed by atoms with Crippen LogP contribution in [0, 0.1) is 0 Å². The third-order valence-electron chi connectivity index (χ3n) is 2.48. The summed E-state index contributed by atoms with van der Waals surface area (Å²) in [7, 11) is 0. The fraction of sp³-hybridized carbons (Fsp3) is 0.0769. The van der Waals surface area contributed by atoms with E-state index in [1.165, 1.54) is 18.3 Å². The highest BCUT2D eigenvalue weighted by atomic mass is 35.5. The predicted octanol–water partition coefficient (Wildman–Crippen LogP) is 3.78. The fourth-order valence-electron chi connectivity index (χ4n) is 1.65. The number of thiophene rings is 1. The molecule has 0 aliphatic carbocycles. The van der Waals surface area contributed by atoms with Crippen molar-refractivity contribution < 1.29 is 9.59 Å². The first-order chi connectivity index (χ1) is 9.38. The summed E-state index contributed by atoms with van der Waals surface area (Å²) in [6.45, 7) is 1.36. The first-order valence-electron chi connectivity index (χ1n) is 5.55. The van der Waals surface area contributed by atoms with Gasteiger partial charge in [-0.3, -0.25) is 9.59 Å². The van der Waals surface area contributed by atoms with Crippen LogP contribution in [0.15, 0.2) is 24.3 Å². The van der Waals surface area contributed by atoms with Gasteiger partial charge in [0, 0.05) is 22.4 Å². The summed E-state index contributed by atoms with van der Waals surface area (Å²) >= 11 is 13.2. The summed E-state index contributed by atoms with van der Waals surface area (Å²) in [6, 6.07) is 6.66. The van der Waals surface area contributed by atoms with Crippen LogP contribution in [-0.4, -0.2) is 11.8 Å². The molecule has 7 heteroatoms. The van der Waals surface area contributed by atoms with Crippen LogP contribution in [0.1, 0.15) is 17.3 Å². The van der Waals surface area contributed by atoms with Crippen LogP contribution < -0.4 is 11.1 Å². The molecule has 104 valence electrons. The molecular weight excluding hydrogens is 319 g/mol. The Morgan fingerprint density at radius 1 is 1.25 bits per heavy atom. The van der Waals surface area contributed by atoms with Gasteiger partial charge in [-0.25, -0.2) is 0 Å². The van der Waals surface area contributed by atoms with Crippen molar-refractivity contribution in [3.63, 3.8) is 0 Å². The number of nitrogens with one attached hydrogen (secondary N) is 1. The van der Waals surface area contributed by atoms with Gasteiger partial charge in [0.2, 0.25) is 5.91 Å².